The number of benzene rings is 2. The molecule has 0 aliphatic carbocycles. The van der Waals surface area contributed by atoms with Crippen LogP contribution in [-0.4, -0.2) is 25.6 Å². The molecule has 0 unspecified atom stereocenters. The Balaban J connectivity index is 2.01. The highest BCUT2D eigenvalue weighted by Crippen LogP contribution is 2.27. The molecule has 1 N–H and O–H groups in total. The van der Waals surface area contributed by atoms with Gasteiger partial charge in [0.05, 0.1) is 22.7 Å². The zero-order valence-electron chi connectivity index (χ0n) is 12.4. The zero-order valence-corrected chi connectivity index (χ0v) is 14.7. The lowest BCUT2D eigenvalue weighted by atomic mass is 10.2. The monoisotopic (exact) mass is 387 g/mol. The molecule has 1 amide bonds. The van der Waals surface area contributed by atoms with E-state index in [2.05, 4.69) is 10.1 Å². The van der Waals surface area contributed by atoms with Gasteiger partial charge in [0, 0.05) is 10.7 Å². The smallest absolute Gasteiger partial charge is 0.339 e. The second-order valence-electron chi connectivity index (χ2n) is 4.60. The first-order valence-corrected chi connectivity index (χ1v) is 7.79. The third-order valence-electron chi connectivity index (χ3n) is 2.91. The van der Waals surface area contributed by atoms with Gasteiger partial charge in [0.1, 0.15) is 5.75 Å². The number of amides is 1. The van der Waals surface area contributed by atoms with Gasteiger partial charge in [0.2, 0.25) is 0 Å². The molecule has 5 nitrogen and oxygen atoms in total. The molecular weight excluding hydrogens is 377 g/mol. The van der Waals surface area contributed by atoms with Gasteiger partial charge in [0.15, 0.2) is 6.61 Å². The van der Waals surface area contributed by atoms with Crippen LogP contribution in [0.1, 0.15) is 10.4 Å². The highest BCUT2D eigenvalue weighted by atomic mass is 35.5. The Morgan fingerprint density at radius 1 is 1.04 bits per heavy atom. The number of anilines is 1. The fraction of sp³-hybridized carbons (Fsp3) is 0.125. The molecule has 0 aromatic heterocycles. The Morgan fingerprint density at radius 3 is 2.46 bits per heavy atom. The lowest BCUT2D eigenvalue weighted by molar-refractivity contribution is -0.118. The van der Waals surface area contributed by atoms with E-state index in [9.17, 15) is 9.59 Å². The highest BCUT2D eigenvalue weighted by molar-refractivity contribution is 6.35. The van der Waals surface area contributed by atoms with Crippen molar-refractivity contribution in [3.63, 3.8) is 0 Å². The number of esters is 1. The molecular formula is C16H12Cl3NO4. The van der Waals surface area contributed by atoms with E-state index in [1.165, 1.54) is 25.3 Å². The maximum Gasteiger partial charge on any atom is 0.339 e. The SMILES string of the molecule is COC(=O)c1cc(NC(=O)COc2ccc(Cl)cc2Cl)ccc1Cl. The number of carbonyl (C=O) groups is 2. The number of ether oxygens (including phenoxy) is 2. The van der Waals surface area contributed by atoms with Gasteiger partial charge < -0.3 is 14.8 Å². The second kappa shape index (κ2) is 8.24. The van der Waals surface area contributed by atoms with Crippen molar-refractivity contribution >= 4 is 52.4 Å². The molecule has 126 valence electrons. The standard InChI is InChI=1S/C16H12Cl3NO4/c1-23-16(22)11-7-10(3-4-12(11)18)20-15(21)8-24-14-5-2-9(17)6-13(14)19/h2-7H,8H2,1H3,(H,20,21). The summed E-state index contributed by atoms with van der Waals surface area (Å²) in [4.78, 5) is 23.5. The van der Waals surface area contributed by atoms with E-state index in [1.807, 2.05) is 0 Å². The maximum atomic E-state index is 11.9. The van der Waals surface area contributed by atoms with E-state index in [0.29, 0.717) is 21.5 Å². The minimum atomic E-state index is -0.597. The van der Waals surface area contributed by atoms with Crippen LogP contribution in [0.5, 0.6) is 5.75 Å². The van der Waals surface area contributed by atoms with E-state index in [1.54, 1.807) is 18.2 Å². The quantitative estimate of drug-likeness (QED) is 0.769. The van der Waals surface area contributed by atoms with Gasteiger partial charge in [0.25, 0.3) is 5.91 Å². The Kier molecular flexibility index (Phi) is 6.31. The van der Waals surface area contributed by atoms with Gasteiger partial charge in [-0.2, -0.15) is 0 Å². The summed E-state index contributed by atoms with van der Waals surface area (Å²) >= 11 is 17.7. The van der Waals surface area contributed by atoms with Crippen LogP contribution in [0.15, 0.2) is 36.4 Å². The van der Waals surface area contributed by atoms with Crippen LogP contribution in [0, 0.1) is 0 Å². The molecule has 0 fully saturated rings. The first-order valence-electron chi connectivity index (χ1n) is 6.66. The molecule has 2 aromatic rings. The summed E-state index contributed by atoms with van der Waals surface area (Å²) in [6, 6.07) is 9.14. The summed E-state index contributed by atoms with van der Waals surface area (Å²) < 4.78 is 9.95. The predicted octanol–water partition coefficient (Wildman–Crippen LogP) is 4.45. The molecule has 24 heavy (non-hydrogen) atoms. The first kappa shape index (κ1) is 18.4. The Labute approximate surface area is 153 Å². The van der Waals surface area contributed by atoms with Crippen molar-refractivity contribution in [2.75, 3.05) is 19.0 Å². The number of halogens is 3. The molecule has 2 rings (SSSR count). The Morgan fingerprint density at radius 2 is 1.79 bits per heavy atom. The third kappa shape index (κ3) is 4.77. The van der Waals surface area contributed by atoms with Crippen molar-refractivity contribution in [3.8, 4) is 5.75 Å². The molecule has 0 spiro atoms. The van der Waals surface area contributed by atoms with Crippen LogP contribution in [0.2, 0.25) is 15.1 Å². The topological polar surface area (TPSA) is 64.6 Å². The number of hydrogen-bond acceptors (Lipinski definition) is 4. The van der Waals surface area contributed by atoms with Crippen LogP contribution in [0.3, 0.4) is 0 Å². The Bertz CT molecular complexity index is 780. The van der Waals surface area contributed by atoms with Crippen molar-refractivity contribution in [1.29, 1.82) is 0 Å². The van der Waals surface area contributed by atoms with E-state index in [-0.39, 0.29) is 17.2 Å². The molecule has 0 saturated heterocycles. The predicted molar refractivity (Wildman–Crippen MR) is 93.4 cm³/mol. The number of rotatable bonds is 5. The van der Waals surface area contributed by atoms with Gasteiger partial charge >= 0.3 is 5.97 Å². The minimum absolute atomic E-state index is 0.152. The molecule has 8 heteroatoms. The van der Waals surface area contributed by atoms with Gasteiger partial charge in [-0.05, 0) is 36.4 Å². The fourth-order valence-electron chi connectivity index (χ4n) is 1.80. The summed E-state index contributed by atoms with van der Waals surface area (Å²) in [6.07, 6.45) is 0. The lowest BCUT2D eigenvalue weighted by Gasteiger charge is -2.10. The average Bonchev–Trinajstić information content (AvgIpc) is 2.55. The summed E-state index contributed by atoms with van der Waals surface area (Å²) in [6.45, 7) is -0.266. The summed E-state index contributed by atoms with van der Waals surface area (Å²) in [5, 5.41) is 3.58. The number of carbonyl (C=O) groups excluding carboxylic acids is 2. The van der Waals surface area contributed by atoms with Gasteiger partial charge in [-0.1, -0.05) is 34.8 Å². The summed E-state index contributed by atoms with van der Waals surface area (Å²) in [7, 11) is 1.24. The third-order valence-corrected chi connectivity index (χ3v) is 3.77. The molecule has 0 radical (unpaired) electrons. The fourth-order valence-corrected chi connectivity index (χ4v) is 2.46. The van der Waals surface area contributed by atoms with Crippen molar-refractivity contribution in [2.45, 2.75) is 0 Å². The van der Waals surface area contributed by atoms with Crippen molar-refractivity contribution < 1.29 is 19.1 Å². The van der Waals surface area contributed by atoms with E-state index < -0.39 is 11.9 Å². The Hall–Kier alpha value is -1.95. The van der Waals surface area contributed by atoms with Gasteiger partial charge in [-0.3, -0.25) is 4.79 Å². The van der Waals surface area contributed by atoms with Crippen LogP contribution >= 0.6 is 34.8 Å². The largest absolute Gasteiger partial charge is 0.482 e. The highest BCUT2D eigenvalue weighted by Gasteiger charge is 2.13. The van der Waals surface area contributed by atoms with Crippen LogP contribution in [0.25, 0.3) is 0 Å². The summed E-state index contributed by atoms with van der Waals surface area (Å²) in [5.74, 6) is -0.693. The molecule has 0 heterocycles. The average molecular weight is 389 g/mol. The van der Waals surface area contributed by atoms with E-state index in [4.69, 9.17) is 39.5 Å². The number of nitrogens with one attached hydrogen (secondary N) is 1. The normalized spacial score (nSPS) is 10.2. The van der Waals surface area contributed by atoms with Crippen LogP contribution in [0.4, 0.5) is 5.69 Å². The van der Waals surface area contributed by atoms with Crippen molar-refractivity contribution in [2.24, 2.45) is 0 Å². The van der Waals surface area contributed by atoms with Crippen LogP contribution < -0.4 is 10.1 Å². The molecule has 0 aliphatic rings. The van der Waals surface area contributed by atoms with Crippen LogP contribution in [-0.2, 0) is 9.53 Å². The summed E-state index contributed by atoms with van der Waals surface area (Å²) in [5.41, 5.74) is 0.536. The van der Waals surface area contributed by atoms with Crippen molar-refractivity contribution in [3.05, 3.63) is 57.0 Å². The van der Waals surface area contributed by atoms with Crippen molar-refractivity contribution in [1.82, 2.24) is 0 Å². The zero-order chi connectivity index (χ0) is 17.7. The molecule has 0 aliphatic heterocycles. The van der Waals surface area contributed by atoms with E-state index >= 15 is 0 Å². The number of hydrogen-bond donors (Lipinski definition) is 1. The minimum Gasteiger partial charge on any atom is -0.482 e. The lowest BCUT2D eigenvalue weighted by Crippen LogP contribution is -2.20. The first-order chi connectivity index (χ1) is 11.4. The van der Waals surface area contributed by atoms with E-state index in [0.717, 1.165) is 0 Å². The second-order valence-corrected chi connectivity index (χ2v) is 5.85. The van der Waals surface area contributed by atoms with Gasteiger partial charge in [-0.15, -0.1) is 0 Å². The number of methoxy groups -OCH3 is 1. The molecule has 0 bridgehead atoms. The molecule has 0 atom stereocenters. The maximum absolute atomic E-state index is 11.9. The van der Waals surface area contributed by atoms with Gasteiger partial charge in [-0.25, -0.2) is 4.79 Å². The molecule has 2 aromatic carbocycles. The molecule has 0 saturated carbocycles.